The van der Waals surface area contributed by atoms with Crippen molar-refractivity contribution in [3.05, 3.63) is 41.6 Å². The Morgan fingerprint density at radius 3 is 2.38 bits per heavy atom. The Balaban J connectivity index is 2.52. The largest absolute Gasteiger partial charge is 0.405 e. The Labute approximate surface area is 125 Å². The second kappa shape index (κ2) is 5.97. The van der Waals surface area contributed by atoms with Crippen LogP contribution in [0.3, 0.4) is 0 Å². The summed E-state index contributed by atoms with van der Waals surface area (Å²) in [5, 5.41) is 4.33. The first kappa shape index (κ1) is 15.7. The molecule has 1 heterocycles. The van der Waals surface area contributed by atoms with E-state index in [1.54, 1.807) is 31.2 Å². The Morgan fingerprint density at radius 1 is 1.24 bits per heavy atom. The van der Waals surface area contributed by atoms with E-state index in [-0.39, 0.29) is 5.88 Å². The summed E-state index contributed by atoms with van der Waals surface area (Å²) in [5.74, 6) is 0.474. The molecule has 1 aromatic heterocycles. The van der Waals surface area contributed by atoms with Gasteiger partial charge in [0.05, 0.1) is 17.3 Å². The van der Waals surface area contributed by atoms with Gasteiger partial charge in [0.15, 0.2) is 0 Å². The van der Waals surface area contributed by atoms with Crippen LogP contribution < -0.4 is 4.90 Å². The lowest BCUT2D eigenvalue weighted by Crippen LogP contribution is -2.32. The van der Waals surface area contributed by atoms with Crippen LogP contribution in [0.25, 0.3) is 5.69 Å². The standard InChI is InChI=1S/C14H15ClF3N3/c1-10-12(8-15)13(20(2)9-14(16,17)18)21(19-10)11-6-4-3-5-7-11/h3-7H,8-9H2,1-2H3. The van der Waals surface area contributed by atoms with Gasteiger partial charge in [-0.05, 0) is 19.1 Å². The quantitative estimate of drug-likeness (QED) is 0.797. The lowest BCUT2D eigenvalue weighted by molar-refractivity contribution is -0.119. The highest BCUT2D eigenvalue weighted by Gasteiger charge is 2.32. The third-order valence-corrected chi connectivity index (χ3v) is 3.34. The Morgan fingerprint density at radius 2 is 1.86 bits per heavy atom. The van der Waals surface area contributed by atoms with E-state index < -0.39 is 12.7 Å². The summed E-state index contributed by atoms with van der Waals surface area (Å²) in [6.07, 6.45) is -4.29. The van der Waals surface area contributed by atoms with E-state index in [2.05, 4.69) is 5.10 Å². The lowest BCUT2D eigenvalue weighted by atomic mass is 10.2. The molecule has 114 valence electrons. The van der Waals surface area contributed by atoms with Gasteiger partial charge < -0.3 is 4.90 Å². The Bertz CT molecular complexity index is 608. The van der Waals surface area contributed by atoms with Gasteiger partial charge in [0.1, 0.15) is 12.4 Å². The van der Waals surface area contributed by atoms with Crippen LogP contribution in [0.15, 0.2) is 30.3 Å². The normalized spacial score (nSPS) is 11.7. The fourth-order valence-corrected chi connectivity index (χ4v) is 2.50. The minimum Gasteiger partial charge on any atom is -0.350 e. The number of benzene rings is 1. The number of halogens is 4. The number of hydrogen-bond donors (Lipinski definition) is 0. The van der Waals surface area contributed by atoms with Gasteiger partial charge in [-0.3, -0.25) is 0 Å². The fourth-order valence-electron chi connectivity index (χ4n) is 2.19. The van der Waals surface area contributed by atoms with Gasteiger partial charge in [-0.25, -0.2) is 4.68 Å². The summed E-state index contributed by atoms with van der Waals surface area (Å²) in [5.41, 5.74) is 1.92. The molecule has 0 N–H and O–H groups in total. The van der Waals surface area contributed by atoms with Gasteiger partial charge >= 0.3 is 6.18 Å². The topological polar surface area (TPSA) is 21.1 Å². The van der Waals surface area contributed by atoms with E-state index in [4.69, 9.17) is 11.6 Å². The number of hydrogen-bond acceptors (Lipinski definition) is 2. The lowest BCUT2D eigenvalue weighted by Gasteiger charge is -2.23. The summed E-state index contributed by atoms with van der Waals surface area (Å²) in [6, 6.07) is 9.02. The van der Waals surface area contributed by atoms with Crippen LogP contribution in [0.4, 0.5) is 19.0 Å². The molecule has 3 nitrogen and oxygen atoms in total. The van der Waals surface area contributed by atoms with Crippen molar-refractivity contribution in [1.29, 1.82) is 0 Å². The molecule has 0 aliphatic rings. The summed E-state index contributed by atoms with van der Waals surface area (Å²) in [6.45, 7) is 0.678. The highest BCUT2D eigenvalue weighted by Crippen LogP contribution is 2.30. The van der Waals surface area contributed by atoms with Gasteiger partial charge in [0, 0.05) is 12.6 Å². The van der Waals surface area contributed by atoms with E-state index in [0.29, 0.717) is 22.8 Å². The summed E-state index contributed by atoms with van der Waals surface area (Å²) in [4.78, 5) is 1.13. The van der Waals surface area contributed by atoms with Gasteiger partial charge in [0.2, 0.25) is 0 Å². The molecule has 0 atom stereocenters. The van der Waals surface area contributed by atoms with Crippen LogP contribution >= 0.6 is 11.6 Å². The molecule has 7 heteroatoms. The molecule has 1 aromatic carbocycles. The molecule has 0 saturated heterocycles. The molecule has 2 aromatic rings. The van der Waals surface area contributed by atoms with Crippen LogP contribution in [0.2, 0.25) is 0 Å². The first-order chi connectivity index (χ1) is 9.83. The minimum absolute atomic E-state index is 0.107. The molecule has 0 fully saturated rings. The van der Waals surface area contributed by atoms with Crippen molar-refractivity contribution in [2.24, 2.45) is 0 Å². The number of nitrogens with zero attached hydrogens (tertiary/aromatic N) is 3. The number of rotatable bonds is 4. The maximum Gasteiger partial charge on any atom is 0.405 e. The third kappa shape index (κ3) is 3.50. The zero-order valence-electron chi connectivity index (χ0n) is 11.7. The van der Waals surface area contributed by atoms with E-state index in [9.17, 15) is 13.2 Å². The van der Waals surface area contributed by atoms with Crippen molar-refractivity contribution in [3.63, 3.8) is 0 Å². The Kier molecular flexibility index (Phi) is 4.46. The predicted molar refractivity (Wildman–Crippen MR) is 77.2 cm³/mol. The molecule has 0 aliphatic heterocycles. The first-order valence-electron chi connectivity index (χ1n) is 6.31. The van der Waals surface area contributed by atoms with E-state index in [1.807, 2.05) is 6.07 Å². The SMILES string of the molecule is Cc1nn(-c2ccccc2)c(N(C)CC(F)(F)F)c1CCl. The molecule has 0 aliphatic carbocycles. The minimum atomic E-state index is -4.29. The van der Waals surface area contributed by atoms with Gasteiger partial charge in [-0.2, -0.15) is 18.3 Å². The molecule has 0 amide bonds. The first-order valence-corrected chi connectivity index (χ1v) is 6.84. The van der Waals surface area contributed by atoms with E-state index in [1.165, 1.54) is 11.7 Å². The van der Waals surface area contributed by atoms with Crippen LogP contribution in [-0.2, 0) is 5.88 Å². The molecule has 0 unspecified atom stereocenters. The number of aryl methyl sites for hydroxylation is 1. The second-order valence-corrected chi connectivity index (χ2v) is 5.01. The van der Waals surface area contributed by atoms with Crippen LogP contribution in [0, 0.1) is 6.92 Å². The molecule has 21 heavy (non-hydrogen) atoms. The van der Waals surface area contributed by atoms with Crippen LogP contribution in [0.1, 0.15) is 11.3 Å². The van der Waals surface area contributed by atoms with Crippen LogP contribution in [0.5, 0.6) is 0 Å². The molecule has 0 radical (unpaired) electrons. The Hall–Kier alpha value is -1.69. The van der Waals surface area contributed by atoms with Crippen molar-refractivity contribution in [3.8, 4) is 5.69 Å². The van der Waals surface area contributed by atoms with Crippen molar-refractivity contribution >= 4 is 17.4 Å². The van der Waals surface area contributed by atoms with E-state index in [0.717, 1.165) is 4.90 Å². The highest BCUT2D eigenvalue weighted by molar-refractivity contribution is 6.17. The monoisotopic (exact) mass is 317 g/mol. The zero-order chi connectivity index (χ0) is 15.6. The predicted octanol–water partition coefficient (Wildman–Crippen LogP) is 3.92. The van der Waals surface area contributed by atoms with Crippen molar-refractivity contribution in [2.45, 2.75) is 19.0 Å². The molecule has 0 bridgehead atoms. The average Bonchev–Trinajstić information content (AvgIpc) is 2.74. The molecule has 2 rings (SSSR count). The van der Waals surface area contributed by atoms with Crippen molar-refractivity contribution in [1.82, 2.24) is 9.78 Å². The highest BCUT2D eigenvalue weighted by atomic mass is 35.5. The number of alkyl halides is 4. The van der Waals surface area contributed by atoms with Crippen LogP contribution in [-0.4, -0.2) is 29.5 Å². The van der Waals surface area contributed by atoms with Gasteiger partial charge in [-0.15, -0.1) is 11.6 Å². The average molecular weight is 318 g/mol. The smallest absolute Gasteiger partial charge is 0.350 e. The van der Waals surface area contributed by atoms with Crippen molar-refractivity contribution in [2.75, 3.05) is 18.5 Å². The summed E-state index contributed by atoms with van der Waals surface area (Å²) in [7, 11) is 1.39. The van der Waals surface area contributed by atoms with E-state index >= 15 is 0 Å². The van der Waals surface area contributed by atoms with Gasteiger partial charge in [0.25, 0.3) is 0 Å². The number of anilines is 1. The van der Waals surface area contributed by atoms with Crippen molar-refractivity contribution < 1.29 is 13.2 Å². The molecular formula is C14H15ClF3N3. The number of para-hydroxylation sites is 1. The second-order valence-electron chi connectivity index (χ2n) is 4.74. The molecular weight excluding hydrogens is 303 g/mol. The maximum absolute atomic E-state index is 12.7. The third-order valence-electron chi connectivity index (χ3n) is 3.07. The zero-order valence-corrected chi connectivity index (χ0v) is 12.4. The number of aromatic nitrogens is 2. The van der Waals surface area contributed by atoms with Gasteiger partial charge in [-0.1, -0.05) is 18.2 Å². The summed E-state index contributed by atoms with van der Waals surface area (Å²) >= 11 is 5.89. The maximum atomic E-state index is 12.7. The molecule has 0 saturated carbocycles. The fraction of sp³-hybridized carbons (Fsp3) is 0.357. The molecule has 0 spiro atoms. The summed E-state index contributed by atoms with van der Waals surface area (Å²) < 4.78 is 39.5.